The number of pyridine rings is 1. The zero-order valence-corrected chi connectivity index (χ0v) is 34.5. The van der Waals surface area contributed by atoms with Crippen molar-refractivity contribution in [3.63, 3.8) is 0 Å². The lowest BCUT2D eigenvalue weighted by Crippen LogP contribution is -2.34. The number of aromatic nitrogens is 5. The summed E-state index contributed by atoms with van der Waals surface area (Å²) in [6, 6.07) is 22.5. The number of nitrogens with zero attached hydrogens (tertiary/aromatic N) is 7. The molecule has 0 spiro atoms. The summed E-state index contributed by atoms with van der Waals surface area (Å²) in [6.07, 6.45) is 26.3. The second kappa shape index (κ2) is 20.6. The summed E-state index contributed by atoms with van der Waals surface area (Å²) in [5.74, 6) is 0. The number of fused-ring (bicyclic) bond motifs is 1. The Bertz CT molecular complexity index is 1690. The molecule has 2 aromatic carbocycles. The molecule has 10 heteroatoms. The van der Waals surface area contributed by atoms with Crippen LogP contribution in [0.4, 0.5) is 5.69 Å². The molecule has 3 heterocycles. The van der Waals surface area contributed by atoms with Crippen LogP contribution >= 0.6 is 34.0 Å². The highest BCUT2D eigenvalue weighted by atomic mass is 79.9. The number of anilines is 1. The molecular formula is C39H58Br2N7Si+3. The molecule has 5 aromatic rings. The van der Waals surface area contributed by atoms with Crippen LogP contribution in [-0.4, -0.2) is 30.5 Å². The summed E-state index contributed by atoms with van der Waals surface area (Å²) in [7, 11) is 1.05. The number of benzene rings is 2. The predicted molar refractivity (Wildman–Crippen MR) is 217 cm³/mol. The Morgan fingerprint density at radius 1 is 0.673 bits per heavy atom. The van der Waals surface area contributed by atoms with Gasteiger partial charge in [0.05, 0.1) is 43.5 Å². The number of para-hydroxylation sites is 2. The van der Waals surface area contributed by atoms with E-state index < -0.39 is 8.07 Å². The van der Waals surface area contributed by atoms with Gasteiger partial charge in [0.2, 0.25) is 18.2 Å². The molecule has 0 fully saturated rings. The van der Waals surface area contributed by atoms with Gasteiger partial charge in [-0.05, 0) is 56.7 Å². The van der Waals surface area contributed by atoms with Gasteiger partial charge >= 0.3 is 0 Å². The van der Waals surface area contributed by atoms with Crippen molar-refractivity contribution in [1.29, 1.82) is 0 Å². The lowest BCUT2D eigenvalue weighted by Gasteiger charge is -2.13. The zero-order chi connectivity index (χ0) is 32.9. The van der Waals surface area contributed by atoms with Gasteiger partial charge in [0.15, 0.2) is 6.20 Å². The van der Waals surface area contributed by atoms with E-state index in [4.69, 9.17) is 5.10 Å². The van der Waals surface area contributed by atoms with Crippen molar-refractivity contribution in [3.8, 4) is 0 Å². The van der Waals surface area contributed by atoms with Crippen molar-refractivity contribution in [3.05, 3.63) is 110 Å². The second-order valence-corrected chi connectivity index (χ2v) is 19.8. The molecule has 0 aliphatic carbocycles. The van der Waals surface area contributed by atoms with Gasteiger partial charge in [0.25, 0.3) is 0 Å². The van der Waals surface area contributed by atoms with Gasteiger partial charge in [-0.3, -0.25) is 5.01 Å². The SMILES string of the molecule is Br.Br.CN(N=Cc1cc[n+](CCCCCC[n+]2ccn(CCCCn3cc[n+](CCC[Si](C)(C)C)c3)c2)c2ccccc12)c1ccccc1. The fourth-order valence-electron chi connectivity index (χ4n) is 6.19. The molecule has 0 aliphatic rings. The van der Waals surface area contributed by atoms with Gasteiger partial charge in [-0.1, -0.05) is 56.0 Å². The lowest BCUT2D eigenvalue weighted by molar-refractivity contribution is -0.697. The van der Waals surface area contributed by atoms with E-state index in [0.717, 1.165) is 44.0 Å². The molecule has 0 radical (unpaired) electrons. The average molecular weight is 813 g/mol. The molecule has 0 atom stereocenters. The van der Waals surface area contributed by atoms with Crippen molar-refractivity contribution >= 4 is 64.8 Å². The first-order valence-electron chi connectivity index (χ1n) is 17.7. The van der Waals surface area contributed by atoms with Gasteiger partial charge in [-0.2, -0.15) is 9.67 Å². The third-order valence-electron chi connectivity index (χ3n) is 8.94. The second-order valence-electron chi connectivity index (χ2n) is 14.1. The Labute approximate surface area is 316 Å². The van der Waals surface area contributed by atoms with Crippen molar-refractivity contribution in [2.75, 3.05) is 12.1 Å². The molecule has 7 nitrogen and oxygen atoms in total. The summed E-state index contributed by atoms with van der Waals surface area (Å²) in [4.78, 5) is 0. The Morgan fingerprint density at radius 3 is 1.92 bits per heavy atom. The van der Waals surface area contributed by atoms with Crippen LogP contribution in [-0.2, 0) is 32.7 Å². The smallest absolute Gasteiger partial charge is 0.243 e. The molecular weight excluding hydrogens is 754 g/mol. The predicted octanol–water partition coefficient (Wildman–Crippen LogP) is 8.40. The maximum Gasteiger partial charge on any atom is 0.243 e. The highest BCUT2D eigenvalue weighted by Gasteiger charge is 2.14. The van der Waals surface area contributed by atoms with Crippen molar-refractivity contribution in [1.82, 2.24) is 9.13 Å². The van der Waals surface area contributed by atoms with Crippen LogP contribution < -0.4 is 18.7 Å². The molecule has 5 rings (SSSR count). The van der Waals surface area contributed by atoms with Crippen molar-refractivity contribution in [2.45, 2.75) is 103 Å². The van der Waals surface area contributed by atoms with E-state index >= 15 is 0 Å². The first-order chi connectivity index (χ1) is 22.8. The van der Waals surface area contributed by atoms with Crippen LogP contribution in [0.2, 0.25) is 25.7 Å². The highest BCUT2D eigenvalue weighted by molar-refractivity contribution is 8.93. The molecule has 0 saturated carbocycles. The molecule has 49 heavy (non-hydrogen) atoms. The standard InChI is InChI=1S/C39H56N7Si.2BrH/c1-41(37-17-8-7-9-18-37)40-33-36-21-27-46(39-20-11-10-19-38(36)39)26-13-6-5-12-22-42-28-29-43(34-42)23-14-15-24-44-30-31-45(35-44)25-16-32-47(2,3)4;;/h7-11,17-21,27-31,33-35H,5-6,12-16,22-26,32H2,1-4H3;2*1H/q+3;;. The van der Waals surface area contributed by atoms with Crippen molar-refractivity contribution in [2.24, 2.45) is 5.10 Å². The number of hydrogen-bond donors (Lipinski definition) is 0. The molecule has 3 aromatic heterocycles. The van der Waals surface area contributed by atoms with Crippen LogP contribution in [0, 0.1) is 0 Å². The quantitative estimate of drug-likeness (QED) is 0.0272. The number of imidazole rings is 2. The number of hydrogen-bond acceptors (Lipinski definition) is 2. The van der Waals surface area contributed by atoms with Crippen LogP contribution in [0.25, 0.3) is 10.9 Å². The molecule has 264 valence electrons. The van der Waals surface area contributed by atoms with E-state index in [0.29, 0.717) is 0 Å². The summed E-state index contributed by atoms with van der Waals surface area (Å²) in [6.45, 7) is 12.8. The van der Waals surface area contributed by atoms with Crippen LogP contribution in [0.5, 0.6) is 0 Å². The maximum atomic E-state index is 4.70. The van der Waals surface area contributed by atoms with Crippen molar-refractivity contribution < 1.29 is 13.7 Å². The molecule has 0 unspecified atom stereocenters. The van der Waals surface area contributed by atoms with E-state index in [9.17, 15) is 0 Å². The topological polar surface area (TPSA) is 37.1 Å². The molecule has 0 saturated heterocycles. The van der Waals surface area contributed by atoms with Crippen LogP contribution in [0.3, 0.4) is 0 Å². The Hall–Kier alpha value is -3.08. The van der Waals surface area contributed by atoms with E-state index in [1.54, 1.807) is 0 Å². The number of rotatable bonds is 19. The van der Waals surface area contributed by atoms with Gasteiger partial charge in [-0.25, -0.2) is 18.3 Å². The minimum atomic E-state index is -0.936. The first kappa shape index (κ1) is 40.3. The van der Waals surface area contributed by atoms with E-state index in [1.807, 2.05) is 36.5 Å². The number of aryl methyl sites for hydroxylation is 5. The Morgan fingerprint density at radius 2 is 1.27 bits per heavy atom. The average Bonchev–Trinajstić information content (AvgIpc) is 3.73. The molecule has 0 bridgehead atoms. The maximum absolute atomic E-state index is 4.70. The molecule has 0 N–H and O–H groups in total. The lowest BCUT2D eigenvalue weighted by atomic mass is 10.1. The van der Waals surface area contributed by atoms with Crippen LogP contribution in [0.1, 0.15) is 50.5 Å². The summed E-state index contributed by atoms with van der Waals surface area (Å²) in [5, 5.41) is 7.86. The fraction of sp³-hybridized carbons (Fsp3) is 0.436. The van der Waals surface area contributed by atoms with Crippen LogP contribution in [0.15, 0.2) is 109 Å². The minimum absolute atomic E-state index is 0. The summed E-state index contributed by atoms with van der Waals surface area (Å²) in [5.41, 5.74) is 3.48. The zero-order valence-electron chi connectivity index (χ0n) is 30.0. The largest absolute Gasteiger partial charge is 0.269 e. The Kier molecular flexibility index (Phi) is 16.9. The van der Waals surface area contributed by atoms with Gasteiger partial charge in [-0.15, -0.1) is 34.0 Å². The molecule has 0 aliphatic heterocycles. The van der Waals surface area contributed by atoms with Gasteiger partial charge in [0.1, 0.15) is 31.3 Å². The normalized spacial score (nSPS) is 11.5. The number of halogens is 2. The van der Waals surface area contributed by atoms with Gasteiger partial charge < -0.3 is 0 Å². The Balaban J connectivity index is 0.00000325. The third kappa shape index (κ3) is 13.3. The molecule has 0 amide bonds. The van der Waals surface area contributed by atoms with E-state index in [2.05, 4.69) is 129 Å². The van der Waals surface area contributed by atoms with E-state index in [-0.39, 0.29) is 34.0 Å². The summed E-state index contributed by atoms with van der Waals surface area (Å²) >= 11 is 0. The highest BCUT2D eigenvalue weighted by Crippen LogP contribution is 2.16. The fourth-order valence-corrected chi connectivity index (χ4v) is 7.41. The van der Waals surface area contributed by atoms with E-state index in [1.165, 1.54) is 61.9 Å². The number of unbranched alkanes of at least 4 members (excludes halogenated alkanes) is 4. The number of hydrazone groups is 1. The monoisotopic (exact) mass is 810 g/mol. The summed E-state index contributed by atoms with van der Waals surface area (Å²) < 4.78 is 11.8. The van der Waals surface area contributed by atoms with Gasteiger partial charge in [0, 0.05) is 39.2 Å². The minimum Gasteiger partial charge on any atom is -0.269 e. The third-order valence-corrected chi connectivity index (χ3v) is 10.8. The first-order valence-corrected chi connectivity index (χ1v) is 21.4.